The highest BCUT2D eigenvalue weighted by Crippen LogP contribution is 2.29. The molecular weight excluding hydrogens is 1330 g/mol. The van der Waals surface area contributed by atoms with Crippen LogP contribution in [0.5, 0.6) is 0 Å². The van der Waals surface area contributed by atoms with Crippen molar-refractivity contribution < 1.29 is 0 Å². The summed E-state index contributed by atoms with van der Waals surface area (Å²) in [6.07, 6.45) is 23.6. The fraction of sp³-hybridized carbons (Fsp3) is 0.198. The molecule has 20 heteroatoms. The molecule has 15 heterocycles. The summed E-state index contributed by atoms with van der Waals surface area (Å²) in [6.45, 7) is 18.4. The summed E-state index contributed by atoms with van der Waals surface area (Å²) in [6, 6.07) is 49.8. The number of halogens is 1. The van der Waals surface area contributed by atoms with Gasteiger partial charge in [-0.3, -0.25) is 15.0 Å². The minimum absolute atomic E-state index is 0.652. The van der Waals surface area contributed by atoms with Gasteiger partial charge < -0.3 is 17.6 Å². The molecule has 0 radical (unpaired) electrons. The molecule has 106 heavy (non-hydrogen) atoms. The van der Waals surface area contributed by atoms with Gasteiger partial charge in [-0.2, -0.15) is 0 Å². The van der Waals surface area contributed by atoms with Gasteiger partial charge in [0.25, 0.3) is 0 Å². The first-order chi connectivity index (χ1) is 51.7. The van der Waals surface area contributed by atoms with Gasteiger partial charge in [0.2, 0.25) is 0 Å². The van der Waals surface area contributed by atoms with Crippen molar-refractivity contribution in [3.63, 3.8) is 0 Å². The molecule has 0 bridgehead atoms. The Morgan fingerprint density at radius 1 is 0.274 bits per heavy atom. The van der Waals surface area contributed by atoms with Crippen LogP contribution in [-0.4, -0.2) is 92.4 Å². The lowest BCUT2D eigenvalue weighted by molar-refractivity contribution is 0.816. The Balaban J connectivity index is 0.000000108. The molecule has 0 aliphatic heterocycles. The van der Waals surface area contributed by atoms with Crippen molar-refractivity contribution in [3.8, 4) is 0 Å². The Hall–Kier alpha value is -12.5. The Labute approximate surface area is 616 Å². The number of imidazole rings is 4. The van der Waals surface area contributed by atoms with E-state index in [0.29, 0.717) is 5.02 Å². The summed E-state index contributed by atoms with van der Waals surface area (Å²) in [5.41, 5.74) is 21.3. The second-order valence-electron chi connectivity index (χ2n) is 26.9. The molecule has 19 rings (SSSR count). The van der Waals surface area contributed by atoms with Gasteiger partial charge in [-0.25, -0.2) is 59.8 Å². The molecule has 0 saturated heterocycles. The normalized spacial score (nSPS) is 11.6. The van der Waals surface area contributed by atoms with E-state index in [1.165, 1.54) is 65.9 Å². The van der Waals surface area contributed by atoms with Crippen LogP contribution in [0.25, 0.3) is 98.5 Å². The van der Waals surface area contributed by atoms with Crippen molar-refractivity contribution in [2.24, 2.45) is 0 Å². The first-order valence-electron chi connectivity index (χ1n) is 35.8. The number of aryl methyl sites for hydroxylation is 17. The van der Waals surface area contributed by atoms with Crippen LogP contribution < -0.4 is 0 Å². The molecule has 0 unspecified atom stereocenters. The molecule has 0 fully saturated rings. The van der Waals surface area contributed by atoms with E-state index in [4.69, 9.17) is 36.5 Å². The monoisotopic (exact) mass is 1410 g/mol. The molecule has 0 saturated carbocycles. The quantitative estimate of drug-likeness (QED) is 0.111. The maximum atomic E-state index is 6.16. The van der Waals surface area contributed by atoms with E-state index in [9.17, 15) is 0 Å². The van der Waals surface area contributed by atoms with Crippen LogP contribution in [0.15, 0.2) is 201 Å². The first-order valence-corrected chi connectivity index (χ1v) is 36.2. The van der Waals surface area contributed by atoms with Crippen LogP contribution in [0.2, 0.25) is 5.02 Å². The molecule has 522 valence electrons. The SMILES string of the molecule is Cc1nc(CCc2nc3c4ccccc4ccn3c2C)nc(C)c1Cl.Cc1nc(CCc2nc3c4ccccc4ccn3c2C)nc2cccnc12.Cc1nc(CCc2nc3c4ccccc4ccn3c2C)nc2ccncc12.Cc1nc(CCc2nc3c4ccccc4ccn3c2C)nc2cnccc12. The summed E-state index contributed by atoms with van der Waals surface area (Å²) in [5, 5.41) is 12.3. The molecule has 15 aromatic heterocycles. The Morgan fingerprint density at radius 2 is 0.623 bits per heavy atom. The van der Waals surface area contributed by atoms with Crippen LogP contribution >= 0.6 is 11.6 Å². The number of hydrogen-bond donors (Lipinski definition) is 0. The van der Waals surface area contributed by atoms with Gasteiger partial charge in [0.05, 0.1) is 73.3 Å². The van der Waals surface area contributed by atoms with Crippen molar-refractivity contribution in [1.82, 2.24) is 92.4 Å². The third-order valence-electron chi connectivity index (χ3n) is 20.1. The molecule has 0 N–H and O–H groups in total. The first kappa shape index (κ1) is 68.0. The Bertz CT molecular complexity index is 6080. The van der Waals surface area contributed by atoms with Crippen LogP contribution in [0.1, 0.15) is 97.3 Å². The average molecular weight is 1410 g/mol. The van der Waals surface area contributed by atoms with Crippen molar-refractivity contribution in [1.29, 1.82) is 0 Å². The Kier molecular flexibility index (Phi) is 18.6. The molecule has 0 aliphatic carbocycles. The number of pyridine rings is 7. The molecule has 0 amide bonds. The molecule has 0 aliphatic rings. The molecule has 4 aromatic carbocycles. The summed E-state index contributed by atoms with van der Waals surface area (Å²) >= 11 is 6.16. The van der Waals surface area contributed by atoms with Crippen molar-refractivity contribution in [3.05, 3.63) is 304 Å². The zero-order chi connectivity index (χ0) is 72.7. The fourth-order valence-electron chi connectivity index (χ4n) is 14.4. The maximum Gasteiger partial charge on any atom is 0.145 e. The van der Waals surface area contributed by atoms with Gasteiger partial charge in [-0.15, -0.1) is 0 Å². The van der Waals surface area contributed by atoms with Crippen LogP contribution in [-0.2, 0) is 51.4 Å². The summed E-state index contributed by atoms with van der Waals surface area (Å²) in [4.78, 5) is 69.5. The highest BCUT2D eigenvalue weighted by molar-refractivity contribution is 6.31. The minimum Gasteiger partial charge on any atom is -0.304 e. The van der Waals surface area contributed by atoms with E-state index in [2.05, 4.69) is 241 Å². The lowest BCUT2D eigenvalue weighted by atomic mass is 10.2. The summed E-state index contributed by atoms with van der Waals surface area (Å²) < 4.78 is 8.69. The maximum absolute atomic E-state index is 6.16. The Morgan fingerprint density at radius 3 is 1.06 bits per heavy atom. The number of rotatable bonds is 12. The number of benzene rings is 4. The van der Waals surface area contributed by atoms with Gasteiger partial charge >= 0.3 is 0 Å². The predicted octanol–water partition coefficient (Wildman–Crippen LogP) is 17.3. The lowest BCUT2D eigenvalue weighted by Crippen LogP contribution is -2.03. The minimum atomic E-state index is 0.652. The topological polar surface area (TPSA) is 211 Å². The molecule has 0 atom stereocenters. The van der Waals surface area contributed by atoms with Crippen molar-refractivity contribution >= 4 is 110 Å². The standard InChI is InChI=1S/3C22H19N5.C20H19ClN4/c1-14-21-19(8-5-12-23-21)25-20(24-14)10-9-18-15(2)27-13-11-16-6-3-4-7-17(16)22(27)26-18;1-14-17-9-11-23-13-20(17)25-21(24-14)8-7-19-15(2)27-12-10-16-5-3-4-6-18(16)22(27)26-19;1-14-18-13-23-11-9-20(18)25-21(24-14)8-7-19-15(2)27-12-10-16-5-3-4-6-17(16)22(27)26-19;1-12-19(21)13(2)23-18(22-12)9-8-17-14(3)25-11-10-15-6-4-5-7-16(15)20(25)24-17/h3-8,11-13H,9-10H2,1-2H3;2*3-6,9-13H,7-8H2,1-2H3;4-7,10-11H,8-9H2,1-3H3. The number of nitrogens with zero attached hydrogens (tertiary/aromatic N) is 19. The van der Waals surface area contributed by atoms with E-state index in [-0.39, 0.29) is 0 Å². The van der Waals surface area contributed by atoms with Gasteiger partial charge in [-0.1, -0.05) is 109 Å². The van der Waals surface area contributed by atoms with Crippen molar-refractivity contribution in [2.75, 3.05) is 0 Å². The number of aromatic nitrogens is 19. The molecule has 19 nitrogen and oxygen atoms in total. The van der Waals surface area contributed by atoms with Gasteiger partial charge in [0, 0.05) is 136 Å². The third-order valence-corrected chi connectivity index (χ3v) is 20.7. The number of fused-ring (bicyclic) bond motifs is 15. The van der Waals surface area contributed by atoms with E-state index < -0.39 is 0 Å². The van der Waals surface area contributed by atoms with Gasteiger partial charge in [0.15, 0.2) is 0 Å². The van der Waals surface area contributed by atoms with E-state index >= 15 is 0 Å². The highest BCUT2D eigenvalue weighted by Gasteiger charge is 2.19. The summed E-state index contributed by atoms with van der Waals surface area (Å²) in [7, 11) is 0. The second kappa shape index (κ2) is 29.0. The third kappa shape index (κ3) is 13.4. The zero-order valence-corrected chi connectivity index (χ0v) is 61.3. The van der Waals surface area contributed by atoms with Crippen molar-refractivity contribution in [2.45, 2.75) is 114 Å². The van der Waals surface area contributed by atoms with E-state index in [1.54, 1.807) is 24.8 Å². The van der Waals surface area contributed by atoms with Crippen LogP contribution in [0, 0.1) is 62.3 Å². The predicted molar refractivity (Wildman–Crippen MR) is 422 cm³/mol. The lowest BCUT2D eigenvalue weighted by Gasteiger charge is -2.05. The van der Waals surface area contributed by atoms with Crippen LogP contribution in [0.4, 0.5) is 0 Å². The second-order valence-corrected chi connectivity index (χ2v) is 27.3. The largest absolute Gasteiger partial charge is 0.304 e. The fourth-order valence-corrected chi connectivity index (χ4v) is 14.5. The summed E-state index contributed by atoms with van der Waals surface area (Å²) in [5.74, 6) is 3.36. The molecule has 19 aromatic rings. The van der Waals surface area contributed by atoms with E-state index in [0.717, 1.165) is 181 Å². The smallest absolute Gasteiger partial charge is 0.145 e. The van der Waals surface area contributed by atoms with Gasteiger partial charge in [-0.05, 0) is 158 Å². The molecule has 0 spiro atoms. The highest BCUT2D eigenvalue weighted by atomic mass is 35.5. The number of hydrogen-bond acceptors (Lipinski definition) is 15. The zero-order valence-electron chi connectivity index (χ0n) is 60.6. The van der Waals surface area contributed by atoms with Crippen LogP contribution in [0.3, 0.4) is 0 Å². The molecular formula is C86H76ClN19. The van der Waals surface area contributed by atoms with E-state index in [1.807, 2.05) is 65.1 Å². The van der Waals surface area contributed by atoms with Gasteiger partial charge in [0.1, 0.15) is 51.4 Å². The average Bonchev–Trinajstić information content (AvgIpc) is 1.64.